The average molecular weight is 2110 g/mol. The summed E-state index contributed by atoms with van der Waals surface area (Å²) >= 11 is 11.0. The molecule has 738 valence electrons. The van der Waals surface area contributed by atoms with Crippen molar-refractivity contribution in [3.05, 3.63) is 272 Å². The Morgan fingerprint density at radius 2 is 0.822 bits per heavy atom. The van der Waals surface area contributed by atoms with Gasteiger partial charge < -0.3 is 46.9 Å². The van der Waals surface area contributed by atoms with Gasteiger partial charge in [0, 0.05) is 241 Å². The monoisotopic (exact) mass is 2110 g/mol. The second-order valence-electron chi connectivity index (χ2n) is 34.0. The second-order valence-corrected chi connectivity index (χ2v) is 39.0. The van der Waals surface area contributed by atoms with Crippen LogP contribution in [0.25, 0.3) is 107 Å². The van der Waals surface area contributed by atoms with Crippen LogP contribution in [0.5, 0.6) is 5.88 Å². The van der Waals surface area contributed by atoms with E-state index in [2.05, 4.69) is 217 Å². The van der Waals surface area contributed by atoms with E-state index < -0.39 is 0 Å². The molecule has 0 aromatic carbocycles. The molecule has 25 rings (SSSR count). The number of fused-ring (bicyclic) bond motifs is 6. The molecule has 25 heterocycles. The van der Waals surface area contributed by atoms with Crippen molar-refractivity contribution in [1.82, 2.24) is 178 Å². The predicted octanol–water partition coefficient (Wildman–Crippen LogP) is 17.7. The van der Waals surface area contributed by atoms with Crippen LogP contribution in [0.2, 0.25) is 0 Å². The smallest absolute Gasteiger partial charge is 0.215 e. The summed E-state index contributed by atoms with van der Waals surface area (Å²) in [6.45, 7) is 13.5. The summed E-state index contributed by atoms with van der Waals surface area (Å²) in [5, 5.41) is 57.5. The van der Waals surface area contributed by atoms with Crippen molar-refractivity contribution in [1.29, 1.82) is 0 Å². The largest absolute Gasteiger partial charge is 0.476 e. The van der Waals surface area contributed by atoms with Gasteiger partial charge in [0.15, 0.2) is 68.8 Å². The molecule has 0 bridgehead atoms. The first kappa shape index (κ1) is 96.6. The number of anilines is 12. The average Bonchev–Trinajstić information content (AvgIpc) is 1.64. The molecule has 50 heteroatoms. The van der Waals surface area contributed by atoms with Gasteiger partial charge in [-0.15, -0.1) is 22.7 Å². The van der Waals surface area contributed by atoms with Crippen molar-refractivity contribution in [2.75, 3.05) is 72.2 Å². The molecular weight excluding hydrogens is 2010 g/mol. The van der Waals surface area contributed by atoms with Gasteiger partial charge in [-0.3, -0.25) is 54.5 Å². The zero-order valence-corrected chi connectivity index (χ0v) is 86.7. The van der Waals surface area contributed by atoms with E-state index in [1.165, 1.54) is 51.3 Å². The Morgan fingerprint density at radius 3 is 1.18 bits per heavy atom. The Bertz CT molecular complexity index is 8670. The lowest BCUT2D eigenvalue weighted by atomic mass is 10.0. The van der Waals surface area contributed by atoms with Gasteiger partial charge in [0.05, 0.1) is 134 Å². The van der Waals surface area contributed by atoms with Gasteiger partial charge in [-0.25, -0.2) is 69.8 Å². The fourth-order valence-electron chi connectivity index (χ4n) is 15.7. The fourth-order valence-corrected chi connectivity index (χ4v) is 19.9. The van der Waals surface area contributed by atoms with Crippen LogP contribution >= 0.6 is 73.2 Å². The standard InChI is InChI=1S/C19H22N8O.C19H20N8S.C15H16N8S.C15H14N6S.C14H12BrN7S.C14H12N6S/c1-25(2)8-9-28-17-10-15(4-5-20-17)24-18-19-22-12-16(27(19)7-6-21-18)14-11-23-26(3)13-14;1-12-16(13-3-5-20-6-4-13)19(28-25-12)24-17-18-22-10-15(27(18)8-7-21-17)14-9-23-26(2)11-14;1-9(2)12-19-15(24-21-12)20-13-14-17-7-11(23(14)5-4-16-13)10-6-18-22(3)8-10;1-10-5-13(22-9-10)19-14-15-17-7-12(21(15)4-3-16-14)11-6-18-20(2)8-11;1-8-11(15)14(23-20-8)19-12-13-17-6-10(22(13)4-3-16-12)9-5-18-21(2)7-9;1-19-9-10(7-17-19)11-8-16-14-13(15-4-5-20(11)14)18-12-3-2-6-21-12/h4-7,10-13H,8-9H2,1-3H3,(H,20,21,24);3,7-11,20H,4-6H2,1-2H3,(H,21,24);4-9H,1-3H3,(H,16,19,20,21);3-9H,1-2H3,(H,16,19);3-7H,1-2H3,(H,16,19);2-9H,1H3,(H,15,18). The topological polar surface area (TPSA) is 449 Å². The van der Waals surface area contributed by atoms with Crippen molar-refractivity contribution >= 4 is 178 Å². The lowest BCUT2D eigenvalue weighted by molar-refractivity contribution is 0.254. The molecule has 0 saturated heterocycles. The number of pyridine rings is 1. The summed E-state index contributed by atoms with van der Waals surface area (Å²) in [4.78, 5) is 64.5. The number of nitrogens with zero attached hydrogens (tertiary/aromatic N) is 36. The number of thiophene rings is 2. The minimum atomic E-state index is 0.296. The highest BCUT2D eigenvalue weighted by Crippen LogP contribution is 2.40. The summed E-state index contributed by atoms with van der Waals surface area (Å²) < 4.78 is 42.6. The number of imidazole rings is 6. The molecule has 0 saturated carbocycles. The van der Waals surface area contributed by atoms with Gasteiger partial charge in [0.1, 0.15) is 22.4 Å². The number of rotatable bonds is 24. The van der Waals surface area contributed by atoms with Gasteiger partial charge in [0.2, 0.25) is 11.0 Å². The van der Waals surface area contributed by atoms with E-state index in [1.807, 2.05) is 268 Å². The van der Waals surface area contributed by atoms with Crippen LogP contribution in [0.1, 0.15) is 54.5 Å². The molecule has 7 N–H and O–H groups in total. The molecule has 0 radical (unpaired) electrons. The van der Waals surface area contributed by atoms with Crippen molar-refractivity contribution in [2.45, 2.75) is 47.0 Å². The van der Waals surface area contributed by atoms with Gasteiger partial charge in [0.25, 0.3) is 0 Å². The Balaban J connectivity index is 0.000000107. The van der Waals surface area contributed by atoms with Crippen LogP contribution in [-0.4, -0.2) is 213 Å². The number of hydrogen-bond donors (Lipinski definition) is 7. The van der Waals surface area contributed by atoms with E-state index in [1.54, 1.807) is 94.1 Å². The summed E-state index contributed by atoms with van der Waals surface area (Å²) in [5.41, 5.74) is 23.1. The fraction of sp³-hybridized carbons (Fsp3) is 0.198. The Labute approximate surface area is 862 Å². The van der Waals surface area contributed by atoms with Crippen molar-refractivity contribution < 1.29 is 4.74 Å². The molecule has 44 nitrogen and oxygen atoms in total. The van der Waals surface area contributed by atoms with Gasteiger partial charge in [-0.1, -0.05) is 19.9 Å². The minimum Gasteiger partial charge on any atom is -0.476 e. The lowest BCUT2D eigenvalue weighted by Crippen LogP contribution is -2.20. The highest BCUT2D eigenvalue weighted by atomic mass is 79.9. The molecule has 0 fully saturated rings. The van der Waals surface area contributed by atoms with E-state index in [4.69, 9.17) is 4.74 Å². The van der Waals surface area contributed by atoms with Crippen molar-refractivity contribution in [3.63, 3.8) is 0 Å². The molecular formula is C96H96BrN43OS5. The molecule has 1 aliphatic heterocycles. The Kier molecular flexibility index (Phi) is 28.5. The quantitative estimate of drug-likeness (QED) is 0.0295. The zero-order valence-electron chi connectivity index (χ0n) is 81.1. The molecule has 0 unspecified atom stereocenters. The lowest BCUT2D eigenvalue weighted by Gasteiger charge is -2.15. The van der Waals surface area contributed by atoms with Crippen LogP contribution < -0.4 is 42.0 Å². The van der Waals surface area contributed by atoms with Gasteiger partial charge in [-0.05, 0) is 133 Å². The summed E-state index contributed by atoms with van der Waals surface area (Å²) in [7, 11) is 15.4. The maximum atomic E-state index is 5.70. The second kappa shape index (κ2) is 43.1. The SMILES string of the molecule is CC(C)c1nsc(Nc2nccn3c(-c4cnn(C)c4)cnc23)n1.CN(C)CCOc1cc(Nc2nccn3c(-c4cnn(C)c4)cnc23)ccn1.Cc1csc(Nc2nccn3c(-c4cnn(C)c4)cnc23)c1.Cc1nsc(Nc2nccn3c(-c4cnn(C)c4)cnc23)c1Br.Cc1nsc(Nc2nccn3c(-c4cnn(C)c4)cnc23)c1C1=CCNCC1.Cn1cc(-c2cnc3c(Nc4cccs4)nccn23)cn1. The normalized spacial score (nSPS) is 11.9. The number of aromatic nitrogens is 35. The Morgan fingerprint density at radius 1 is 0.425 bits per heavy atom. The van der Waals surface area contributed by atoms with E-state index in [-0.39, 0.29) is 0 Å². The van der Waals surface area contributed by atoms with Gasteiger partial charge >= 0.3 is 0 Å². The first-order chi connectivity index (χ1) is 71.1. The molecule has 24 aromatic heterocycles. The highest BCUT2D eigenvalue weighted by molar-refractivity contribution is 9.10. The Hall–Kier alpha value is -16.9. The van der Waals surface area contributed by atoms with Crippen LogP contribution in [0.4, 0.5) is 65.7 Å². The maximum Gasteiger partial charge on any atom is 0.215 e. The number of nitrogens with one attached hydrogen (secondary N) is 7. The number of halogens is 1. The molecule has 146 heavy (non-hydrogen) atoms. The molecule has 24 aromatic rings. The summed E-state index contributed by atoms with van der Waals surface area (Å²) in [6, 6.07) is 9.84. The van der Waals surface area contributed by atoms with Crippen LogP contribution in [0.15, 0.2) is 244 Å². The summed E-state index contributed by atoms with van der Waals surface area (Å²) in [6.07, 6.45) is 60.7. The third-order valence-corrected chi connectivity index (χ3v) is 28.1. The number of likely N-dealkylation sites (N-methyl/N-ethyl adjacent to an activating group) is 1. The van der Waals surface area contributed by atoms with Crippen LogP contribution in [-0.2, 0) is 42.3 Å². The number of aryl methyl sites for hydroxylation is 9. The first-order valence-corrected chi connectivity index (χ1v) is 50.6. The van der Waals surface area contributed by atoms with E-state index in [9.17, 15) is 0 Å². The van der Waals surface area contributed by atoms with Crippen LogP contribution in [0, 0.1) is 20.8 Å². The highest BCUT2D eigenvalue weighted by Gasteiger charge is 2.24. The van der Waals surface area contributed by atoms with Crippen molar-refractivity contribution in [3.8, 4) is 73.4 Å². The molecule has 0 aliphatic carbocycles. The zero-order chi connectivity index (χ0) is 101. The molecule has 0 spiro atoms. The minimum absolute atomic E-state index is 0.296. The molecule has 1 aliphatic rings. The third-order valence-electron chi connectivity index (χ3n) is 22.8. The number of hydrogen-bond acceptors (Lipinski definition) is 37. The van der Waals surface area contributed by atoms with E-state index >= 15 is 0 Å². The number of ether oxygens (including phenoxy) is 1. The first-order valence-electron chi connectivity index (χ1n) is 45.7. The van der Waals surface area contributed by atoms with E-state index in [0.717, 1.165) is 192 Å². The predicted molar refractivity (Wildman–Crippen MR) is 573 cm³/mol. The molecule has 0 atom stereocenters. The maximum absolute atomic E-state index is 5.70. The van der Waals surface area contributed by atoms with Gasteiger partial charge in [-0.2, -0.15) is 43.7 Å². The third kappa shape index (κ3) is 21.6. The van der Waals surface area contributed by atoms with Crippen molar-refractivity contribution in [2.24, 2.45) is 42.3 Å². The van der Waals surface area contributed by atoms with E-state index in [0.29, 0.717) is 41.0 Å². The molecule has 0 amide bonds. The summed E-state index contributed by atoms with van der Waals surface area (Å²) in [5.74, 6) is 5.90. The van der Waals surface area contributed by atoms with Crippen LogP contribution in [0.3, 0.4) is 0 Å².